The number of anilines is 1. The number of carbonyl (C=O) groups excluding carboxylic acids is 1. The maximum Gasteiger partial charge on any atom is 0.245 e. The Bertz CT molecular complexity index is 927. The number of aryl methyl sites for hydroxylation is 2. The van der Waals surface area contributed by atoms with E-state index in [-0.39, 0.29) is 12.5 Å². The van der Waals surface area contributed by atoms with E-state index in [1.807, 2.05) is 50.2 Å². The van der Waals surface area contributed by atoms with Crippen molar-refractivity contribution in [3.63, 3.8) is 0 Å². The van der Waals surface area contributed by atoms with Gasteiger partial charge in [-0.1, -0.05) is 35.9 Å². The standard InChI is InChI=1S/C17H17N5OS/c1-11-6-8-13(9-7-11)16-20-21-17(24)22(16)10-15(23)19-14-5-3-4-12(2)18-14/h3-9H,10H2,1-2H3,(H,21,24)(H,18,19,23). The van der Waals surface area contributed by atoms with Gasteiger partial charge in [-0.15, -0.1) is 0 Å². The molecule has 0 fully saturated rings. The van der Waals surface area contributed by atoms with Gasteiger partial charge in [-0.05, 0) is 38.2 Å². The van der Waals surface area contributed by atoms with Gasteiger partial charge in [-0.25, -0.2) is 4.98 Å². The molecule has 1 aromatic carbocycles. The van der Waals surface area contributed by atoms with Crippen LogP contribution in [0.15, 0.2) is 42.5 Å². The van der Waals surface area contributed by atoms with E-state index in [0.29, 0.717) is 16.4 Å². The van der Waals surface area contributed by atoms with Crippen molar-refractivity contribution >= 4 is 23.9 Å². The zero-order valence-corrected chi connectivity index (χ0v) is 14.2. The molecule has 7 heteroatoms. The van der Waals surface area contributed by atoms with Crippen LogP contribution in [0.4, 0.5) is 5.82 Å². The third-order valence-electron chi connectivity index (χ3n) is 3.53. The summed E-state index contributed by atoms with van der Waals surface area (Å²) in [4.78, 5) is 16.6. The fraction of sp³-hybridized carbons (Fsp3) is 0.176. The highest BCUT2D eigenvalue weighted by Crippen LogP contribution is 2.18. The first-order valence-corrected chi connectivity index (χ1v) is 7.89. The molecular weight excluding hydrogens is 322 g/mol. The molecule has 0 aliphatic heterocycles. The molecule has 6 nitrogen and oxygen atoms in total. The van der Waals surface area contributed by atoms with Crippen LogP contribution >= 0.6 is 12.2 Å². The summed E-state index contributed by atoms with van der Waals surface area (Å²) in [5.41, 5.74) is 2.89. The fourth-order valence-electron chi connectivity index (χ4n) is 2.33. The Balaban J connectivity index is 1.82. The van der Waals surface area contributed by atoms with Gasteiger partial charge >= 0.3 is 0 Å². The van der Waals surface area contributed by atoms with Crippen LogP contribution in [0, 0.1) is 18.6 Å². The first-order chi connectivity index (χ1) is 11.5. The second kappa shape index (κ2) is 6.76. The van der Waals surface area contributed by atoms with Gasteiger partial charge in [0, 0.05) is 11.3 Å². The maximum absolute atomic E-state index is 12.3. The molecule has 1 amide bonds. The van der Waals surface area contributed by atoms with Crippen molar-refractivity contribution in [1.29, 1.82) is 0 Å². The van der Waals surface area contributed by atoms with Gasteiger partial charge < -0.3 is 5.32 Å². The lowest BCUT2D eigenvalue weighted by Crippen LogP contribution is -2.20. The number of amides is 1. The summed E-state index contributed by atoms with van der Waals surface area (Å²) in [7, 11) is 0. The highest BCUT2D eigenvalue weighted by molar-refractivity contribution is 7.71. The third kappa shape index (κ3) is 3.57. The zero-order valence-electron chi connectivity index (χ0n) is 13.4. The largest absolute Gasteiger partial charge is 0.309 e. The SMILES string of the molecule is Cc1ccc(-c2n[nH]c(=S)n2CC(=O)Nc2cccc(C)n2)cc1. The summed E-state index contributed by atoms with van der Waals surface area (Å²) in [6, 6.07) is 13.4. The maximum atomic E-state index is 12.3. The monoisotopic (exact) mass is 339 g/mol. The molecule has 0 radical (unpaired) electrons. The number of nitrogens with zero attached hydrogens (tertiary/aromatic N) is 3. The molecule has 2 aromatic heterocycles. The number of H-pyrrole nitrogens is 1. The molecule has 2 heterocycles. The van der Waals surface area contributed by atoms with Crippen molar-refractivity contribution in [2.45, 2.75) is 20.4 Å². The first kappa shape index (κ1) is 16.1. The first-order valence-electron chi connectivity index (χ1n) is 7.49. The number of pyridine rings is 1. The highest BCUT2D eigenvalue weighted by Gasteiger charge is 2.12. The van der Waals surface area contributed by atoms with Crippen molar-refractivity contribution < 1.29 is 4.79 Å². The molecule has 0 bridgehead atoms. The molecule has 24 heavy (non-hydrogen) atoms. The minimum Gasteiger partial charge on any atom is -0.309 e. The Morgan fingerprint density at radius 1 is 1.21 bits per heavy atom. The fourth-order valence-corrected chi connectivity index (χ4v) is 2.52. The van der Waals surface area contributed by atoms with Crippen LogP contribution in [0.25, 0.3) is 11.4 Å². The summed E-state index contributed by atoms with van der Waals surface area (Å²) in [6.45, 7) is 3.95. The molecule has 0 saturated carbocycles. The van der Waals surface area contributed by atoms with Crippen LogP contribution in [0.2, 0.25) is 0 Å². The molecule has 0 spiro atoms. The van der Waals surface area contributed by atoms with Crippen LogP contribution in [0.5, 0.6) is 0 Å². The van der Waals surface area contributed by atoms with E-state index in [2.05, 4.69) is 20.5 Å². The summed E-state index contributed by atoms with van der Waals surface area (Å²) < 4.78 is 2.07. The highest BCUT2D eigenvalue weighted by atomic mass is 32.1. The van der Waals surface area contributed by atoms with Crippen LogP contribution in [-0.4, -0.2) is 25.7 Å². The molecule has 0 atom stereocenters. The smallest absolute Gasteiger partial charge is 0.245 e. The van der Waals surface area contributed by atoms with E-state index in [1.165, 1.54) is 0 Å². The van der Waals surface area contributed by atoms with E-state index in [4.69, 9.17) is 12.2 Å². The number of nitrogens with one attached hydrogen (secondary N) is 2. The summed E-state index contributed by atoms with van der Waals surface area (Å²) in [6.07, 6.45) is 0. The second-order valence-electron chi connectivity index (χ2n) is 5.52. The van der Waals surface area contributed by atoms with E-state index in [0.717, 1.165) is 16.8 Å². The number of aromatic nitrogens is 4. The van der Waals surface area contributed by atoms with E-state index in [1.54, 1.807) is 10.6 Å². The lowest BCUT2D eigenvalue weighted by molar-refractivity contribution is -0.116. The van der Waals surface area contributed by atoms with Crippen molar-refractivity contribution in [3.8, 4) is 11.4 Å². The van der Waals surface area contributed by atoms with Crippen LogP contribution in [0.3, 0.4) is 0 Å². The van der Waals surface area contributed by atoms with E-state index < -0.39 is 0 Å². The van der Waals surface area contributed by atoms with Gasteiger partial charge in [-0.2, -0.15) is 5.10 Å². The molecule has 0 saturated heterocycles. The Morgan fingerprint density at radius 3 is 2.67 bits per heavy atom. The number of hydrogen-bond acceptors (Lipinski definition) is 4. The Hall–Kier alpha value is -2.80. The molecule has 0 aliphatic carbocycles. The molecule has 2 N–H and O–H groups in total. The van der Waals surface area contributed by atoms with Crippen molar-refractivity contribution in [2.24, 2.45) is 0 Å². The minimum atomic E-state index is -0.209. The molecular formula is C17H17N5OS. The van der Waals surface area contributed by atoms with Crippen LogP contribution < -0.4 is 5.32 Å². The topological polar surface area (TPSA) is 75.6 Å². The van der Waals surface area contributed by atoms with Gasteiger partial charge in [0.2, 0.25) is 5.91 Å². The normalized spacial score (nSPS) is 10.6. The Morgan fingerprint density at radius 2 is 1.96 bits per heavy atom. The van der Waals surface area contributed by atoms with Crippen molar-refractivity contribution in [1.82, 2.24) is 19.7 Å². The zero-order chi connectivity index (χ0) is 17.1. The van der Waals surface area contributed by atoms with Gasteiger partial charge in [-0.3, -0.25) is 14.5 Å². The number of carbonyl (C=O) groups is 1. The molecule has 3 rings (SSSR count). The van der Waals surface area contributed by atoms with Crippen LogP contribution in [0.1, 0.15) is 11.3 Å². The summed E-state index contributed by atoms with van der Waals surface area (Å²) in [5.74, 6) is 0.943. The molecule has 0 unspecified atom stereocenters. The molecule has 122 valence electrons. The van der Waals surface area contributed by atoms with E-state index >= 15 is 0 Å². The van der Waals surface area contributed by atoms with Gasteiger partial charge in [0.05, 0.1) is 0 Å². The van der Waals surface area contributed by atoms with Crippen LogP contribution in [-0.2, 0) is 11.3 Å². The van der Waals surface area contributed by atoms with E-state index in [9.17, 15) is 4.79 Å². The molecule has 3 aromatic rings. The van der Waals surface area contributed by atoms with Gasteiger partial charge in [0.15, 0.2) is 10.6 Å². The average Bonchev–Trinajstić information content (AvgIpc) is 2.89. The predicted octanol–water partition coefficient (Wildman–Crippen LogP) is 3.26. The average molecular weight is 339 g/mol. The van der Waals surface area contributed by atoms with Gasteiger partial charge in [0.1, 0.15) is 12.4 Å². The van der Waals surface area contributed by atoms with Gasteiger partial charge in [0.25, 0.3) is 0 Å². The Labute approximate surface area is 144 Å². The quantitative estimate of drug-likeness (QED) is 0.716. The lowest BCUT2D eigenvalue weighted by Gasteiger charge is -2.08. The van der Waals surface area contributed by atoms with Crippen molar-refractivity contribution in [2.75, 3.05) is 5.32 Å². The number of benzene rings is 1. The van der Waals surface area contributed by atoms with Crippen molar-refractivity contribution in [3.05, 3.63) is 58.5 Å². The second-order valence-corrected chi connectivity index (χ2v) is 5.90. The number of aromatic amines is 1. The Kier molecular flexibility index (Phi) is 4.52. The lowest BCUT2D eigenvalue weighted by atomic mass is 10.1. The third-order valence-corrected chi connectivity index (χ3v) is 3.84. The minimum absolute atomic E-state index is 0.0637. The predicted molar refractivity (Wildman–Crippen MR) is 95.2 cm³/mol. The summed E-state index contributed by atoms with van der Waals surface area (Å²) >= 11 is 5.25. The summed E-state index contributed by atoms with van der Waals surface area (Å²) in [5, 5.41) is 9.77. The number of rotatable bonds is 4. The number of hydrogen-bond donors (Lipinski definition) is 2. The molecule has 0 aliphatic rings.